The highest BCUT2D eigenvalue weighted by molar-refractivity contribution is 6.02. The van der Waals surface area contributed by atoms with E-state index in [0.29, 0.717) is 47.5 Å². The highest BCUT2D eigenvalue weighted by atomic mass is 19.4. The Labute approximate surface area is 253 Å². The minimum Gasteiger partial charge on any atom is -0.494 e. The standard InChI is InChI=1S/C30H34F3N9O2/c1-7-21(35)19-13-18(16-34)9-10-22(19)38-28-20(30(31,32)33)17-36-29(40-28)39-24-14-23(37-27(43)8-2)25(15-26(24)44-6)42(5)12-11-41(3)4/h8-10,13-15,17,35H,2,7,11-12H2,1,3-6H3,(H,37,43)(H2,36,38,39,40)/p+1. The fourth-order valence-corrected chi connectivity index (χ4v) is 4.16. The SMILES string of the molecule is C=CC(=O)Nc1cc(Nc2ncc(C(F)(F)F)c([NH2+]c3ccc(C#N)cc3C(=N)CC)n2)c(OC)cc1N(C)CCN(C)C. The number of nitrogens with two attached hydrogens (primary N) is 1. The van der Waals surface area contributed by atoms with Crippen LogP contribution in [-0.2, 0) is 11.0 Å². The van der Waals surface area contributed by atoms with Crippen molar-refractivity contribution in [2.75, 3.05) is 56.9 Å². The Morgan fingerprint density at radius 1 is 1.20 bits per heavy atom. The van der Waals surface area contributed by atoms with Crippen molar-refractivity contribution in [3.63, 3.8) is 0 Å². The fraction of sp³-hybridized carbons (Fsp3) is 0.300. The zero-order valence-electron chi connectivity index (χ0n) is 25.1. The molecule has 0 unspecified atom stereocenters. The zero-order valence-corrected chi connectivity index (χ0v) is 25.1. The Morgan fingerprint density at radius 2 is 1.93 bits per heavy atom. The van der Waals surface area contributed by atoms with Crippen molar-refractivity contribution >= 4 is 46.1 Å². The van der Waals surface area contributed by atoms with Gasteiger partial charge >= 0.3 is 6.18 Å². The van der Waals surface area contributed by atoms with E-state index in [1.807, 2.05) is 37.0 Å². The summed E-state index contributed by atoms with van der Waals surface area (Å²) in [4.78, 5) is 24.3. The van der Waals surface area contributed by atoms with Gasteiger partial charge in [-0.1, -0.05) is 13.5 Å². The highest BCUT2D eigenvalue weighted by Crippen LogP contribution is 2.39. The molecule has 0 atom stereocenters. The maximum absolute atomic E-state index is 14.0. The Hall–Kier alpha value is -5.00. The molecule has 0 aliphatic rings. The smallest absolute Gasteiger partial charge is 0.425 e. The third-order valence-corrected chi connectivity index (χ3v) is 6.58. The number of aromatic nitrogens is 2. The molecule has 14 heteroatoms. The van der Waals surface area contributed by atoms with Crippen molar-refractivity contribution in [3.05, 3.63) is 65.9 Å². The Bertz CT molecular complexity index is 1580. The molecule has 0 saturated carbocycles. The minimum atomic E-state index is -4.77. The van der Waals surface area contributed by atoms with E-state index >= 15 is 0 Å². The number of carbonyl (C=O) groups excluding carboxylic acids is 1. The molecule has 0 aliphatic carbocycles. The van der Waals surface area contributed by atoms with Gasteiger partial charge in [0.2, 0.25) is 17.7 Å². The topological polar surface area (TPSA) is 147 Å². The number of alkyl halides is 3. The maximum Gasteiger partial charge on any atom is 0.425 e. The van der Waals surface area contributed by atoms with E-state index in [9.17, 15) is 23.2 Å². The van der Waals surface area contributed by atoms with E-state index in [1.165, 1.54) is 30.6 Å². The zero-order chi connectivity index (χ0) is 32.6. The molecule has 0 aliphatic heterocycles. The average molecular weight is 611 g/mol. The number of benzene rings is 2. The first-order valence-corrected chi connectivity index (χ1v) is 13.5. The summed E-state index contributed by atoms with van der Waals surface area (Å²) in [5.74, 6) is -0.739. The largest absolute Gasteiger partial charge is 0.494 e. The number of hydrogen-bond acceptors (Lipinski definition) is 9. The summed E-state index contributed by atoms with van der Waals surface area (Å²) in [6.45, 7) is 6.59. The van der Waals surface area contributed by atoms with Crippen LogP contribution in [0, 0.1) is 16.7 Å². The number of amides is 1. The minimum absolute atomic E-state index is 0.156. The van der Waals surface area contributed by atoms with Crippen LogP contribution in [0.5, 0.6) is 5.75 Å². The van der Waals surface area contributed by atoms with E-state index < -0.39 is 23.5 Å². The van der Waals surface area contributed by atoms with Gasteiger partial charge in [-0.3, -0.25) is 10.1 Å². The Morgan fingerprint density at radius 3 is 2.52 bits per heavy atom. The third kappa shape index (κ3) is 8.30. The molecule has 1 amide bonds. The lowest BCUT2D eigenvalue weighted by Crippen LogP contribution is -2.73. The van der Waals surface area contributed by atoms with Gasteiger partial charge in [0.05, 0.1) is 47.6 Å². The van der Waals surface area contributed by atoms with Crippen molar-refractivity contribution in [2.24, 2.45) is 0 Å². The molecule has 11 nitrogen and oxygen atoms in total. The number of halogens is 3. The van der Waals surface area contributed by atoms with Crippen LogP contribution in [0.15, 0.2) is 49.2 Å². The predicted molar refractivity (Wildman–Crippen MR) is 163 cm³/mol. The van der Waals surface area contributed by atoms with Gasteiger partial charge in [0, 0.05) is 38.0 Å². The summed E-state index contributed by atoms with van der Waals surface area (Å²) in [5, 5.41) is 24.5. The second-order valence-electron chi connectivity index (χ2n) is 9.99. The number of nitrogens with zero attached hydrogens (tertiary/aromatic N) is 5. The molecule has 0 spiro atoms. The van der Waals surface area contributed by atoms with E-state index in [4.69, 9.17) is 10.1 Å². The van der Waals surface area contributed by atoms with Crippen LogP contribution >= 0.6 is 0 Å². The monoisotopic (exact) mass is 610 g/mol. The Kier molecular flexibility index (Phi) is 11.0. The van der Waals surface area contributed by atoms with Crippen LogP contribution in [0.25, 0.3) is 0 Å². The lowest BCUT2D eigenvalue weighted by atomic mass is 10.0. The summed E-state index contributed by atoms with van der Waals surface area (Å²) in [5.41, 5.74) is 1.30. The lowest BCUT2D eigenvalue weighted by molar-refractivity contribution is -0.485. The number of rotatable bonds is 13. The number of anilines is 4. The summed E-state index contributed by atoms with van der Waals surface area (Å²) in [6.07, 6.45) is -2.67. The molecule has 0 bridgehead atoms. The number of carbonyl (C=O) groups is 1. The Balaban J connectivity index is 2.10. The van der Waals surface area contributed by atoms with Crippen LogP contribution in [0.2, 0.25) is 0 Å². The first-order chi connectivity index (χ1) is 20.8. The average Bonchev–Trinajstić information content (AvgIpc) is 2.99. The first-order valence-electron chi connectivity index (χ1n) is 13.5. The van der Waals surface area contributed by atoms with Crippen LogP contribution in [-0.4, -0.2) is 67.8 Å². The van der Waals surface area contributed by atoms with Crippen molar-refractivity contribution in [1.29, 1.82) is 10.7 Å². The molecule has 1 heterocycles. The molecular weight excluding hydrogens is 575 g/mol. The quantitative estimate of drug-likeness (QED) is 0.125. The predicted octanol–water partition coefficient (Wildman–Crippen LogP) is 4.55. The molecule has 3 rings (SSSR count). The lowest BCUT2D eigenvalue weighted by Gasteiger charge is -2.26. The van der Waals surface area contributed by atoms with Crippen molar-refractivity contribution in [1.82, 2.24) is 14.9 Å². The number of nitriles is 1. The molecule has 2 aromatic carbocycles. The molecule has 3 aromatic rings. The second kappa shape index (κ2) is 14.5. The van der Waals surface area contributed by atoms with Crippen molar-refractivity contribution in [2.45, 2.75) is 19.5 Å². The summed E-state index contributed by atoms with van der Waals surface area (Å²) < 4.78 is 47.7. The van der Waals surface area contributed by atoms with Gasteiger partial charge in [-0.25, -0.2) is 4.98 Å². The molecule has 1 aromatic heterocycles. The van der Waals surface area contributed by atoms with E-state index in [2.05, 4.69) is 27.2 Å². The van der Waals surface area contributed by atoms with Gasteiger partial charge in [-0.2, -0.15) is 23.4 Å². The van der Waals surface area contributed by atoms with Gasteiger partial charge in [-0.05, 0) is 44.8 Å². The second-order valence-corrected chi connectivity index (χ2v) is 9.99. The normalized spacial score (nSPS) is 11.1. The van der Waals surface area contributed by atoms with Gasteiger partial charge in [0.15, 0.2) is 5.56 Å². The fourth-order valence-electron chi connectivity index (χ4n) is 4.16. The number of ether oxygens (including phenoxy) is 1. The number of quaternary nitrogens is 1. The van der Waals surface area contributed by atoms with E-state index in [1.54, 1.807) is 19.1 Å². The highest BCUT2D eigenvalue weighted by Gasteiger charge is 2.38. The number of likely N-dealkylation sites (N-methyl/N-ethyl adjacent to an activating group) is 2. The molecule has 44 heavy (non-hydrogen) atoms. The van der Waals surface area contributed by atoms with Crippen LogP contribution in [0.4, 0.5) is 47.7 Å². The van der Waals surface area contributed by atoms with Gasteiger partial charge in [0.1, 0.15) is 11.4 Å². The molecular formula is C30H35F3N9O2+. The summed E-state index contributed by atoms with van der Waals surface area (Å²) in [7, 11) is 7.17. The maximum atomic E-state index is 14.0. The van der Waals surface area contributed by atoms with Gasteiger partial charge in [0.25, 0.3) is 0 Å². The molecule has 5 N–H and O–H groups in total. The third-order valence-electron chi connectivity index (χ3n) is 6.58. The molecule has 0 saturated heterocycles. The van der Waals surface area contributed by atoms with Crippen LogP contribution in [0.1, 0.15) is 30.0 Å². The summed E-state index contributed by atoms with van der Waals surface area (Å²) >= 11 is 0. The van der Waals surface area contributed by atoms with E-state index in [0.717, 1.165) is 12.6 Å². The van der Waals surface area contributed by atoms with Crippen molar-refractivity contribution < 1.29 is 28.0 Å². The molecule has 0 radical (unpaired) electrons. The first kappa shape index (κ1) is 33.5. The van der Waals surface area contributed by atoms with Crippen LogP contribution in [0.3, 0.4) is 0 Å². The molecule has 0 fully saturated rings. The number of hydrogen-bond donors (Lipinski definition) is 4. The number of methoxy groups -OCH3 is 1. The van der Waals surface area contributed by atoms with Gasteiger partial charge < -0.3 is 30.6 Å². The summed E-state index contributed by atoms with van der Waals surface area (Å²) in [6, 6.07) is 9.67. The van der Waals surface area contributed by atoms with Crippen molar-refractivity contribution in [3.8, 4) is 11.8 Å². The van der Waals surface area contributed by atoms with Crippen LogP contribution < -0.4 is 25.6 Å². The number of nitrogens with one attached hydrogen (secondary N) is 3. The van der Waals surface area contributed by atoms with Gasteiger partial charge in [-0.15, -0.1) is 0 Å². The molecule has 232 valence electrons. The van der Waals surface area contributed by atoms with E-state index in [-0.39, 0.29) is 22.9 Å².